The zero-order valence-electron chi connectivity index (χ0n) is 29.4. The molecule has 0 spiro atoms. The molecular weight excluding hydrogens is 690 g/mol. The maximum Gasteiger partial charge on any atom is 0.319 e. The molecule has 3 unspecified atom stereocenters. The summed E-state index contributed by atoms with van der Waals surface area (Å²) in [5, 5.41) is 27.4. The van der Waals surface area contributed by atoms with Crippen LogP contribution in [0.2, 0.25) is 5.02 Å². The van der Waals surface area contributed by atoms with Gasteiger partial charge in [-0.1, -0.05) is 90.5 Å². The molecular formula is C43H44ClN3O6. The predicted molar refractivity (Wildman–Crippen MR) is 205 cm³/mol. The predicted octanol–water partition coefficient (Wildman–Crippen LogP) is 8.48. The number of anilines is 1. The third-order valence-corrected chi connectivity index (χ3v) is 10.2. The van der Waals surface area contributed by atoms with Crippen molar-refractivity contribution in [3.63, 3.8) is 0 Å². The third-order valence-electron chi connectivity index (χ3n) is 9.94. The van der Waals surface area contributed by atoms with Crippen LogP contribution in [0.25, 0.3) is 0 Å². The van der Waals surface area contributed by atoms with E-state index in [0.29, 0.717) is 48.8 Å². The van der Waals surface area contributed by atoms with Gasteiger partial charge in [-0.05, 0) is 83.6 Å². The summed E-state index contributed by atoms with van der Waals surface area (Å²) >= 11 is 6.09. The standard InChI is InChI=1S/C43H44ClN3O6/c44-35-16-14-34(15-17-35)43(50)22-24-47(25-23-43)28-39-26-40(32-10-8-31(29-48)9-11-32)53-41(52-39)33-12-6-30(7-13-33)27-45-42(49)46-36-18-20-38(21-19-36)51-37-4-2-1-3-5-37/h1-21,39-41,48,50H,22-29H2,(H2,45,46,49). The minimum absolute atomic E-state index is 0.0158. The largest absolute Gasteiger partial charge is 0.457 e. The number of amides is 2. The molecule has 0 bridgehead atoms. The number of urea groups is 1. The maximum atomic E-state index is 12.7. The number of nitrogens with one attached hydrogen (secondary N) is 2. The van der Waals surface area contributed by atoms with E-state index in [1.165, 1.54) is 0 Å². The number of aliphatic hydroxyl groups is 2. The van der Waals surface area contributed by atoms with E-state index < -0.39 is 11.9 Å². The molecule has 0 aliphatic carbocycles. The van der Waals surface area contributed by atoms with Crippen LogP contribution in [-0.2, 0) is 28.2 Å². The van der Waals surface area contributed by atoms with E-state index in [0.717, 1.165) is 46.7 Å². The average molecular weight is 734 g/mol. The first-order valence-electron chi connectivity index (χ1n) is 18.0. The summed E-state index contributed by atoms with van der Waals surface area (Å²) in [4.78, 5) is 15.0. The fraction of sp³-hybridized carbons (Fsp3) is 0.279. The van der Waals surface area contributed by atoms with Crippen LogP contribution in [0.1, 0.15) is 59.5 Å². The van der Waals surface area contributed by atoms with Gasteiger partial charge in [-0.15, -0.1) is 0 Å². The Morgan fingerprint density at radius 1 is 0.792 bits per heavy atom. The number of rotatable bonds is 11. The lowest BCUT2D eigenvalue weighted by Gasteiger charge is -2.42. The van der Waals surface area contributed by atoms with E-state index in [4.69, 9.17) is 25.8 Å². The van der Waals surface area contributed by atoms with Crippen molar-refractivity contribution in [3.05, 3.63) is 160 Å². The summed E-state index contributed by atoms with van der Waals surface area (Å²) in [7, 11) is 0. The molecule has 0 saturated carbocycles. The average Bonchev–Trinajstić information content (AvgIpc) is 3.19. The number of benzene rings is 5. The lowest BCUT2D eigenvalue weighted by atomic mass is 9.84. The van der Waals surface area contributed by atoms with Crippen molar-refractivity contribution in [1.82, 2.24) is 10.2 Å². The monoisotopic (exact) mass is 733 g/mol. The Hall–Kier alpha value is -4.74. The summed E-state index contributed by atoms with van der Waals surface area (Å²) in [6, 6.07) is 39.7. The molecule has 10 heteroatoms. The molecule has 9 nitrogen and oxygen atoms in total. The van der Waals surface area contributed by atoms with Crippen LogP contribution in [-0.4, -0.2) is 46.9 Å². The van der Waals surface area contributed by atoms with Gasteiger partial charge < -0.3 is 40.0 Å². The SMILES string of the molecule is O=C(NCc1ccc(C2OC(CN3CCC(O)(c4ccc(Cl)cc4)CC3)CC(c3ccc(CO)cc3)O2)cc1)Nc1ccc(Oc2ccccc2)cc1. The Labute approximate surface area is 315 Å². The highest BCUT2D eigenvalue weighted by atomic mass is 35.5. The number of likely N-dealkylation sites (tertiary alicyclic amines) is 1. The lowest BCUT2D eigenvalue weighted by Crippen LogP contribution is -2.46. The summed E-state index contributed by atoms with van der Waals surface area (Å²) in [6.07, 6.45) is 1.01. The van der Waals surface area contributed by atoms with Gasteiger partial charge in [0.2, 0.25) is 0 Å². The molecule has 7 rings (SSSR count). The van der Waals surface area contributed by atoms with Crippen LogP contribution in [0.4, 0.5) is 10.5 Å². The fourth-order valence-electron chi connectivity index (χ4n) is 6.86. The van der Waals surface area contributed by atoms with Crippen molar-refractivity contribution in [2.45, 2.75) is 56.5 Å². The van der Waals surface area contributed by atoms with Crippen molar-refractivity contribution >= 4 is 23.3 Å². The highest BCUT2D eigenvalue weighted by Gasteiger charge is 2.37. The molecule has 5 aromatic carbocycles. The minimum atomic E-state index is -0.877. The van der Waals surface area contributed by atoms with Gasteiger partial charge in [-0.3, -0.25) is 0 Å². The van der Waals surface area contributed by atoms with Gasteiger partial charge in [0.15, 0.2) is 6.29 Å². The van der Waals surface area contributed by atoms with E-state index in [-0.39, 0.29) is 24.8 Å². The maximum absolute atomic E-state index is 12.7. The molecule has 2 heterocycles. The van der Waals surface area contributed by atoms with Gasteiger partial charge in [0.1, 0.15) is 11.5 Å². The van der Waals surface area contributed by atoms with Crippen molar-refractivity contribution in [1.29, 1.82) is 0 Å². The van der Waals surface area contributed by atoms with Gasteiger partial charge in [0.25, 0.3) is 0 Å². The van der Waals surface area contributed by atoms with Crippen molar-refractivity contribution in [2.24, 2.45) is 0 Å². The number of halogens is 1. The number of piperidine rings is 1. The van der Waals surface area contributed by atoms with Crippen LogP contribution in [0.3, 0.4) is 0 Å². The number of hydrogen-bond donors (Lipinski definition) is 4. The van der Waals surface area contributed by atoms with Crippen molar-refractivity contribution in [2.75, 3.05) is 25.0 Å². The molecule has 2 saturated heterocycles. The Balaban J connectivity index is 0.952. The summed E-state index contributed by atoms with van der Waals surface area (Å²) < 4.78 is 19.0. The highest BCUT2D eigenvalue weighted by Crippen LogP contribution is 2.39. The van der Waals surface area contributed by atoms with E-state index >= 15 is 0 Å². The zero-order valence-corrected chi connectivity index (χ0v) is 30.1. The quantitative estimate of drug-likeness (QED) is 0.108. The molecule has 2 amide bonds. The Morgan fingerprint density at radius 2 is 1.43 bits per heavy atom. The van der Waals surface area contributed by atoms with Crippen LogP contribution in [0.15, 0.2) is 127 Å². The fourth-order valence-corrected chi connectivity index (χ4v) is 6.98. The smallest absolute Gasteiger partial charge is 0.319 e. The minimum Gasteiger partial charge on any atom is -0.457 e. The lowest BCUT2D eigenvalue weighted by molar-refractivity contribution is -0.253. The number of hydrogen-bond acceptors (Lipinski definition) is 7. The first kappa shape index (κ1) is 36.6. The molecule has 2 fully saturated rings. The summed E-state index contributed by atoms with van der Waals surface area (Å²) in [6.45, 7) is 2.51. The summed E-state index contributed by atoms with van der Waals surface area (Å²) in [5.41, 5.74) is 4.37. The molecule has 5 aromatic rings. The first-order chi connectivity index (χ1) is 25.8. The number of ether oxygens (including phenoxy) is 3. The first-order valence-corrected chi connectivity index (χ1v) is 18.4. The molecule has 0 aromatic heterocycles. The van der Waals surface area contributed by atoms with Gasteiger partial charge in [-0.2, -0.15) is 0 Å². The number of para-hydroxylation sites is 1. The van der Waals surface area contributed by atoms with Crippen LogP contribution >= 0.6 is 11.6 Å². The molecule has 274 valence electrons. The number of nitrogens with zero attached hydrogens (tertiary/aromatic N) is 1. The van der Waals surface area contributed by atoms with Crippen molar-refractivity contribution in [3.8, 4) is 11.5 Å². The highest BCUT2D eigenvalue weighted by molar-refractivity contribution is 6.30. The Morgan fingerprint density at radius 3 is 2.11 bits per heavy atom. The topological polar surface area (TPSA) is 113 Å². The number of carbonyl (C=O) groups excluding carboxylic acids is 1. The second-order valence-electron chi connectivity index (χ2n) is 13.7. The van der Waals surface area contributed by atoms with Gasteiger partial charge in [0, 0.05) is 48.9 Å². The van der Waals surface area contributed by atoms with E-state index in [2.05, 4.69) is 15.5 Å². The van der Waals surface area contributed by atoms with Crippen LogP contribution < -0.4 is 15.4 Å². The molecule has 0 radical (unpaired) electrons. The second kappa shape index (κ2) is 16.9. The molecule has 4 N–H and O–H groups in total. The van der Waals surface area contributed by atoms with E-state index in [1.807, 2.05) is 115 Å². The molecule has 53 heavy (non-hydrogen) atoms. The zero-order chi connectivity index (χ0) is 36.6. The Kier molecular flexibility index (Phi) is 11.7. The second-order valence-corrected chi connectivity index (χ2v) is 14.1. The van der Waals surface area contributed by atoms with Gasteiger partial charge in [-0.25, -0.2) is 4.79 Å². The van der Waals surface area contributed by atoms with E-state index in [9.17, 15) is 15.0 Å². The van der Waals surface area contributed by atoms with E-state index in [1.54, 1.807) is 12.1 Å². The van der Waals surface area contributed by atoms with Gasteiger partial charge in [0.05, 0.1) is 24.4 Å². The van der Waals surface area contributed by atoms with Gasteiger partial charge >= 0.3 is 6.03 Å². The molecule has 2 aliphatic heterocycles. The number of aliphatic hydroxyl groups excluding tert-OH is 1. The Bertz CT molecular complexity index is 1920. The third kappa shape index (κ3) is 9.63. The van der Waals surface area contributed by atoms with Crippen molar-refractivity contribution < 1.29 is 29.2 Å². The molecule has 3 atom stereocenters. The van der Waals surface area contributed by atoms with Crippen LogP contribution in [0.5, 0.6) is 11.5 Å². The van der Waals surface area contributed by atoms with Crippen LogP contribution in [0, 0.1) is 0 Å². The normalized spacial score (nSPS) is 20.0. The summed E-state index contributed by atoms with van der Waals surface area (Å²) in [5.74, 6) is 1.43. The number of carbonyl (C=O) groups is 1. The molecule has 2 aliphatic rings.